The van der Waals surface area contributed by atoms with Gasteiger partial charge in [-0.25, -0.2) is 4.68 Å². The molecule has 0 radical (unpaired) electrons. The Bertz CT molecular complexity index is 1320. The summed E-state index contributed by atoms with van der Waals surface area (Å²) in [6.07, 6.45) is 0. The molecule has 0 aliphatic heterocycles. The van der Waals surface area contributed by atoms with Crippen LogP contribution in [0, 0.1) is 0 Å². The quantitative estimate of drug-likeness (QED) is 0.466. The molecule has 0 aliphatic carbocycles. The van der Waals surface area contributed by atoms with E-state index >= 15 is 0 Å². The zero-order valence-electron chi connectivity index (χ0n) is 16.4. The number of nitrogen functional groups attached to an aromatic ring is 1. The second-order valence-corrected chi connectivity index (χ2v) is 7.03. The fourth-order valence-corrected chi connectivity index (χ4v) is 3.61. The largest absolute Gasteiger partial charge is 0.497 e. The molecule has 0 saturated heterocycles. The Morgan fingerprint density at radius 3 is 2.67 bits per heavy atom. The molecule has 0 atom stereocenters. The van der Waals surface area contributed by atoms with Crippen molar-refractivity contribution in [2.75, 3.05) is 12.8 Å². The van der Waals surface area contributed by atoms with Crippen molar-refractivity contribution < 1.29 is 4.74 Å². The number of benzene rings is 3. The first kappa shape index (κ1) is 17.9. The Morgan fingerprint density at radius 2 is 1.83 bits per heavy atom. The molecule has 5 rings (SSSR count). The Morgan fingerprint density at radius 1 is 0.967 bits per heavy atom. The minimum absolute atomic E-state index is 0.464. The monoisotopic (exact) mass is 396 g/mol. The summed E-state index contributed by atoms with van der Waals surface area (Å²) in [6, 6.07) is 24.1. The van der Waals surface area contributed by atoms with Gasteiger partial charge in [0.1, 0.15) is 11.4 Å². The van der Waals surface area contributed by atoms with Crippen LogP contribution in [0.3, 0.4) is 0 Å². The molecule has 2 heterocycles. The lowest BCUT2D eigenvalue weighted by molar-refractivity contribution is 0.415. The van der Waals surface area contributed by atoms with E-state index in [1.54, 1.807) is 7.11 Å². The van der Waals surface area contributed by atoms with Crippen LogP contribution in [0.4, 0.5) is 5.82 Å². The molecule has 148 valence electrons. The maximum absolute atomic E-state index is 6.02. The number of aromatic nitrogens is 5. The predicted molar refractivity (Wildman–Crippen MR) is 117 cm³/mol. The molecule has 7 heteroatoms. The summed E-state index contributed by atoms with van der Waals surface area (Å²) in [6.45, 7) is 0.608. The summed E-state index contributed by atoms with van der Waals surface area (Å²) in [5, 5.41) is 16.9. The molecular weight excluding hydrogens is 376 g/mol. The van der Waals surface area contributed by atoms with E-state index in [-0.39, 0.29) is 0 Å². The lowest BCUT2D eigenvalue weighted by Gasteiger charge is -2.10. The molecule has 7 nitrogen and oxygen atoms in total. The average molecular weight is 396 g/mol. The Kier molecular flexibility index (Phi) is 4.40. The van der Waals surface area contributed by atoms with Crippen LogP contribution in [0.25, 0.3) is 33.4 Å². The van der Waals surface area contributed by atoms with Gasteiger partial charge < -0.3 is 10.5 Å². The standard InChI is InChI=1S/C23H20N6O/c1-30-18-9-5-8-17(12-18)22-21(16-10-11-20-19(13-16)23(24)27-25-20)26-28-29(22)14-15-6-3-2-4-7-15/h2-13H,14H2,1H3,(H3,24,25,27). The fraction of sp³-hybridized carbons (Fsp3) is 0.0870. The molecule has 0 amide bonds. The van der Waals surface area contributed by atoms with Crippen molar-refractivity contribution >= 4 is 16.7 Å². The van der Waals surface area contributed by atoms with Crippen LogP contribution in [0.1, 0.15) is 5.56 Å². The number of H-pyrrole nitrogens is 1. The summed E-state index contributed by atoms with van der Waals surface area (Å²) < 4.78 is 7.36. The topological polar surface area (TPSA) is 94.6 Å². The number of nitrogens with two attached hydrogens (primary N) is 1. The predicted octanol–water partition coefficient (Wildman–Crippen LogP) is 4.13. The van der Waals surface area contributed by atoms with Crippen molar-refractivity contribution in [1.82, 2.24) is 25.2 Å². The molecule has 0 fully saturated rings. The highest BCUT2D eigenvalue weighted by Crippen LogP contribution is 2.34. The van der Waals surface area contributed by atoms with Gasteiger partial charge >= 0.3 is 0 Å². The fourth-order valence-electron chi connectivity index (χ4n) is 3.61. The summed E-state index contributed by atoms with van der Waals surface area (Å²) in [5.74, 6) is 1.24. The first-order chi connectivity index (χ1) is 14.7. The van der Waals surface area contributed by atoms with Crippen LogP contribution in [0.2, 0.25) is 0 Å². The Hall–Kier alpha value is -4.13. The molecule has 2 aromatic heterocycles. The molecule has 0 aliphatic rings. The van der Waals surface area contributed by atoms with Gasteiger partial charge in [0, 0.05) is 16.5 Å². The van der Waals surface area contributed by atoms with Crippen LogP contribution < -0.4 is 10.5 Å². The first-order valence-corrected chi connectivity index (χ1v) is 9.59. The summed E-state index contributed by atoms with van der Waals surface area (Å²) in [5.41, 5.74) is 11.6. The maximum Gasteiger partial charge on any atom is 0.153 e. The number of nitrogens with zero attached hydrogens (tertiary/aromatic N) is 4. The smallest absolute Gasteiger partial charge is 0.153 e. The van der Waals surface area contributed by atoms with E-state index in [9.17, 15) is 0 Å². The van der Waals surface area contributed by atoms with Crippen molar-refractivity contribution in [2.45, 2.75) is 6.54 Å². The van der Waals surface area contributed by atoms with Gasteiger partial charge in [-0.05, 0) is 29.8 Å². The minimum Gasteiger partial charge on any atom is -0.497 e. The highest BCUT2D eigenvalue weighted by atomic mass is 16.5. The SMILES string of the molecule is COc1cccc(-c2c(-c3ccc4[nH]nc(N)c4c3)nnn2Cc2ccccc2)c1. The molecule has 0 saturated carbocycles. The van der Waals surface area contributed by atoms with Gasteiger partial charge in [-0.3, -0.25) is 5.10 Å². The minimum atomic E-state index is 0.464. The summed E-state index contributed by atoms with van der Waals surface area (Å²) in [4.78, 5) is 0. The van der Waals surface area contributed by atoms with E-state index < -0.39 is 0 Å². The molecule has 5 aromatic rings. The lowest BCUT2D eigenvalue weighted by Crippen LogP contribution is -2.04. The Labute approximate surface area is 173 Å². The number of hydrogen-bond donors (Lipinski definition) is 2. The summed E-state index contributed by atoms with van der Waals surface area (Å²) >= 11 is 0. The number of rotatable bonds is 5. The van der Waals surface area contributed by atoms with Gasteiger partial charge in [-0.2, -0.15) is 5.10 Å². The van der Waals surface area contributed by atoms with Crippen LogP contribution >= 0.6 is 0 Å². The van der Waals surface area contributed by atoms with Crippen LogP contribution in [0.5, 0.6) is 5.75 Å². The molecule has 30 heavy (non-hydrogen) atoms. The number of hydrogen-bond acceptors (Lipinski definition) is 5. The molecular formula is C23H20N6O. The third kappa shape index (κ3) is 3.16. The van der Waals surface area contributed by atoms with Gasteiger partial charge in [0.15, 0.2) is 5.82 Å². The van der Waals surface area contributed by atoms with E-state index in [0.717, 1.165) is 44.7 Å². The number of nitrogens with one attached hydrogen (secondary N) is 1. The molecule has 0 bridgehead atoms. The number of fused-ring (bicyclic) bond motifs is 1. The second-order valence-electron chi connectivity index (χ2n) is 7.03. The number of anilines is 1. The molecule has 3 N–H and O–H groups in total. The average Bonchev–Trinajstić information content (AvgIpc) is 3.38. The van der Waals surface area contributed by atoms with E-state index in [2.05, 4.69) is 32.6 Å². The highest BCUT2D eigenvalue weighted by molar-refractivity contribution is 5.93. The van der Waals surface area contributed by atoms with Crippen molar-refractivity contribution in [1.29, 1.82) is 0 Å². The van der Waals surface area contributed by atoms with Gasteiger partial charge in [0.2, 0.25) is 0 Å². The van der Waals surface area contributed by atoms with Crippen molar-refractivity contribution in [3.05, 3.63) is 78.4 Å². The van der Waals surface area contributed by atoms with Crippen molar-refractivity contribution in [2.24, 2.45) is 0 Å². The van der Waals surface area contributed by atoms with Gasteiger partial charge in [-0.15, -0.1) is 5.10 Å². The van der Waals surface area contributed by atoms with E-state index in [4.69, 9.17) is 10.5 Å². The van der Waals surface area contributed by atoms with Crippen LogP contribution in [-0.2, 0) is 6.54 Å². The van der Waals surface area contributed by atoms with Crippen molar-refractivity contribution in [3.63, 3.8) is 0 Å². The normalized spacial score (nSPS) is 11.1. The number of ether oxygens (including phenoxy) is 1. The zero-order valence-corrected chi connectivity index (χ0v) is 16.4. The van der Waals surface area contributed by atoms with Gasteiger partial charge in [0.05, 0.1) is 24.9 Å². The zero-order chi connectivity index (χ0) is 20.5. The number of aromatic amines is 1. The number of methoxy groups -OCH3 is 1. The molecule has 0 spiro atoms. The molecule has 0 unspecified atom stereocenters. The van der Waals surface area contributed by atoms with E-state index in [1.807, 2.05) is 65.3 Å². The highest BCUT2D eigenvalue weighted by Gasteiger charge is 2.18. The first-order valence-electron chi connectivity index (χ1n) is 9.59. The van der Waals surface area contributed by atoms with E-state index in [0.29, 0.717) is 12.4 Å². The van der Waals surface area contributed by atoms with Gasteiger partial charge in [0.25, 0.3) is 0 Å². The third-order valence-electron chi connectivity index (χ3n) is 5.12. The Balaban J connectivity index is 1.69. The second kappa shape index (κ2) is 7.36. The van der Waals surface area contributed by atoms with Crippen molar-refractivity contribution in [3.8, 4) is 28.3 Å². The van der Waals surface area contributed by atoms with E-state index in [1.165, 1.54) is 0 Å². The van der Waals surface area contributed by atoms with Crippen LogP contribution in [0.15, 0.2) is 72.8 Å². The lowest BCUT2D eigenvalue weighted by atomic mass is 10.0. The third-order valence-corrected chi connectivity index (χ3v) is 5.12. The summed E-state index contributed by atoms with van der Waals surface area (Å²) in [7, 11) is 1.66. The van der Waals surface area contributed by atoms with Gasteiger partial charge in [-0.1, -0.05) is 53.7 Å². The molecule has 3 aromatic carbocycles. The van der Waals surface area contributed by atoms with Crippen LogP contribution in [-0.4, -0.2) is 32.3 Å². The maximum atomic E-state index is 6.02.